The van der Waals surface area contributed by atoms with Gasteiger partial charge in [0.05, 0.1) is 0 Å². The third-order valence-corrected chi connectivity index (χ3v) is 4.03. The number of aromatic nitrogens is 2. The van der Waals surface area contributed by atoms with Crippen LogP contribution >= 0.6 is 11.3 Å². The summed E-state index contributed by atoms with van der Waals surface area (Å²) < 4.78 is 0. The normalized spacial score (nSPS) is 17.7. The third kappa shape index (κ3) is 3.64. The molecular formula is C11H19N5OS. The van der Waals surface area contributed by atoms with Gasteiger partial charge >= 0.3 is 6.03 Å². The third-order valence-electron chi connectivity index (χ3n) is 3.04. The van der Waals surface area contributed by atoms with Crippen molar-refractivity contribution in [2.75, 3.05) is 25.5 Å². The molecule has 1 aliphatic heterocycles. The lowest BCUT2D eigenvalue weighted by molar-refractivity contribution is 0.221. The van der Waals surface area contributed by atoms with E-state index >= 15 is 0 Å². The van der Waals surface area contributed by atoms with Gasteiger partial charge in [-0.25, -0.2) is 4.79 Å². The summed E-state index contributed by atoms with van der Waals surface area (Å²) in [7, 11) is 2.10. The monoisotopic (exact) mass is 269 g/mol. The second-order valence-corrected chi connectivity index (χ2v) is 5.59. The molecule has 1 saturated heterocycles. The van der Waals surface area contributed by atoms with Crippen molar-refractivity contribution in [3.8, 4) is 0 Å². The largest absolute Gasteiger partial charge is 0.335 e. The molecule has 0 spiro atoms. The lowest BCUT2D eigenvalue weighted by Gasteiger charge is -2.29. The van der Waals surface area contributed by atoms with E-state index in [4.69, 9.17) is 0 Å². The molecule has 0 aromatic carbocycles. The molecule has 1 aromatic rings. The van der Waals surface area contributed by atoms with Gasteiger partial charge in [0.2, 0.25) is 5.13 Å². The average Bonchev–Trinajstić information content (AvgIpc) is 2.79. The molecule has 0 saturated carbocycles. The van der Waals surface area contributed by atoms with Gasteiger partial charge in [-0.1, -0.05) is 18.3 Å². The molecule has 0 radical (unpaired) electrons. The van der Waals surface area contributed by atoms with E-state index in [9.17, 15) is 4.79 Å². The number of likely N-dealkylation sites (tertiary alicyclic amines) is 1. The van der Waals surface area contributed by atoms with E-state index < -0.39 is 0 Å². The first-order valence-electron chi connectivity index (χ1n) is 6.26. The number of hydrogen-bond donors (Lipinski definition) is 2. The lowest BCUT2D eigenvalue weighted by Crippen LogP contribution is -2.44. The van der Waals surface area contributed by atoms with E-state index in [1.54, 1.807) is 0 Å². The molecule has 7 heteroatoms. The molecule has 1 aliphatic rings. The smallest absolute Gasteiger partial charge is 0.321 e. The minimum Gasteiger partial charge on any atom is -0.335 e. The highest BCUT2D eigenvalue weighted by molar-refractivity contribution is 7.15. The van der Waals surface area contributed by atoms with Gasteiger partial charge in [-0.05, 0) is 39.4 Å². The number of urea groups is 1. The van der Waals surface area contributed by atoms with E-state index in [1.165, 1.54) is 11.3 Å². The molecule has 0 atom stereocenters. The zero-order chi connectivity index (χ0) is 13.0. The van der Waals surface area contributed by atoms with Crippen LogP contribution in [0.3, 0.4) is 0 Å². The molecule has 6 nitrogen and oxygen atoms in total. The van der Waals surface area contributed by atoms with Gasteiger partial charge in [0.15, 0.2) is 0 Å². The second kappa shape index (κ2) is 6.10. The lowest BCUT2D eigenvalue weighted by atomic mass is 10.1. The van der Waals surface area contributed by atoms with Crippen LogP contribution in [0, 0.1) is 0 Å². The Morgan fingerprint density at radius 3 is 2.78 bits per heavy atom. The Hall–Kier alpha value is -1.21. The quantitative estimate of drug-likeness (QED) is 0.868. The maximum atomic E-state index is 11.8. The number of aryl methyl sites for hydroxylation is 1. The Morgan fingerprint density at radius 2 is 2.17 bits per heavy atom. The predicted molar refractivity (Wildman–Crippen MR) is 72.0 cm³/mol. The summed E-state index contributed by atoms with van der Waals surface area (Å²) >= 11 is 1.42. The highest BCUT2D eigenvalue weighted by atomic mass is 32.1. The topological polar surface area (TPSA) is 70.1 Å². The van der Waals surface area contributed by atoms with Crippen LogP contribution < -0.4 is 10.6 Å². The molecule has 1 fully saturated rings. The average molecular weight is 269 g/mol. The van der Waals surface area contributed by atoms with Crippen LogP contribution in [-0.4, -0.2) is 47.3 Å². The van der Waals surface area contributed by atoms with Crippen LogP contribution in [-0.2, 0) is 6.42 Å². The van der Waals surface area contributed by atoms with Crippen LogP contribution in [0.5, 0.6) is 0 Å². The summed E-state index contributed by atoms with van der Waals surface area (Å²) in [6, 6.07) is 0.0862. The van der Waals surface area contributed by atoms with Crippen LogP contribution in [0.4, 0.5) is 9.93 Å². The summed E-state index contributed by atoms with van der Waals surface area (Å²) in [5.41, 5.74) is 0. The van der Waals surface area contributed by atoms with E-state index in [2.05, 4.69) is 32.8 Å². The molecule has 0 aliphatic carbocycles. The molecule has 100 valence electrons. The number of anilines is 1. The van der Waals surface area contributed by atoms with E-state index in [0.717, 1.165) is 37.4 Å². The zero-order valence-corrected chi connectivity index (χ0v) is 11.6. The first-order chi connectivity index (χ1) is 8.67. The van der Waals surface area contributed by atoms with E-state index in [0.29, 0.717) is 5.13 Å². The fraction of sp³-hybridized carbons (Fsp3) is 0.727. The number of carbonyl (C=O) groups is 1. The zero-order valence-electron chi connectivity index (χ0n) is 10.8. The number of rotatable bonds is 3. The van der Waals surface area contributed by atoms with Crippen molar-refractivity contribution in [3.05, 3.63) is 5.01 Å². The summed E-state index contributed by atoms with van der Waals surface area (Å²) in [6.45, 7) is 4.08. The van der Waals surface area contributed by atoms with Crippen molar-refractivity contribution in [1.82, 2.24) is 20.4 Å². The maximum absolute atomic E-state index is 11.8. The maximum Gasteiger partial charge on any atom is 0.321 e. The molecular weight excluding hydrogens is 250 g/mol. The summed E-state index contributed by atoms with van der Waals surface area (Å²) in [5, 5.41) is 15.1. The number of piperidine rings is 1. The van der Waals surface area contributed by atoms with Gasteiger partial charge in [0.1, 0.15) is 5.01 Å². The fourth-order valence-corrected chi connectivity index (χ4v) is 2.59. The van der Waals surface area contributed by atoms with Crippen LogP contribution in [0.1, 0.15) is 24.8 Å². The van der Waals surface area contributed by atoms with Gasteiger partial charge in [-0.15, -0.1) is 10.2 Å². The Labute approximate surface area is 111 Å². The van der Waals surface area contributed by atoms with Crippen molar-refractivity contribution >= 4 is 22.5 Å². The fourth-order valence-electron chi connectivity index (χ4n) is 1.92. The number of nitrogens with zero attached hydrogens (tertiary/aromatic N) is 3. The molecule has 0 bridgehead atoms. The van der Waals surface area contributed by atoms with Crippen molar-refractivity contribution < 1.29 is 4.79 Å². The van der Waals surface area contributed by atoms with Crippen molar-refractivity contribution in [2.45, 2.75) is 32.2 Å². The first kappa shape index (κ1) is 13.2. The number of carbonyl (C=O) groups excluding carboxylic acids is 1. The van der Waals surface area contributed by atoms with E-state index in [1.807, 2.05) is 6.92 Å². The van der Waals surface area contributed by atoms with Crippen LogP contribution in [0.25, 0.3) is 0 Å². The van der Waals surface area contributed by atoms with Crippen molar-refractivity contribution in [2.24, 2.45) is 0 Å². The van der Waals surface area contributed by atoms with Crippen LogP contribution in [0.2, 0.25) is 0 Å². The van der Waals surface area contributed by atoms with Gasteiger partial charge < -0.3 is 10.2 Å². The minimum absolute atomic E-state index is 0.177. The molecule has 1 aromatic heterocycles. The highest BCUT2D eigenvalue weighted by Gasteiger charge is 2.18. The van der Waals surface area contributed by atoms with Gasteiger partial charge in [0, 0.05) is 6.04 Å². The molecule has 2 amide bonds. The van der Waals surface area contributed by atoms with Gasteiger partial charge in [-0.2, -0.15) is 0 Å². The molecule has 2 rings (SSSR count). The Kier molecular flexibility index (Phi) is 4.48. The summed E-state index contributed by atoms with van der Waals surface area (Å²) in [5.74, 6) is 0. The SMILES string of the molecule is CCc1nnc(NC(=O)NC2CCN(C)CC2)s1. The highest BCUT2D eigenvalue weighted by Crippen LogP contribution is 2.15. The summed E-state index contributed by atoms with van der Waals surface area (Å²) in [4.78, 5) is 14.0. The Morgan fingerprint density at radius 1 is 1.44 bits per heavy atom. The molecule has 18 heavy (non-hydrogen) atoms. The molecule has 2 heterocycles. The molecule has 2 N–H and O–H groups in total. The predicted octanol–water partition coefficient (Wildman–Crippen LogP) is 1.32. The first-order valence-corrected chi connectivity index (χ1v) is 7.07. The van der Waals surface area contributed by atoms with Crippen LogP contribution in [0.15, 0.2) is 0 Å². The molecule has 0 unspecified atom stereocenters. The Bertz CT molecular complexity index is 400. The van der Waals surface area contributed by atoms with Gasteiger partial charge in [-0.3, -0.25) is 5.32 Å². The number of nitrogens with one attached hydrogen (secondary N) is 2. The standard InChI is InChI=1S/C11H19N5OS/c1-3-9-14-15-11(18-9)13-10(17)12-8-4-6-16(2)7-5-8/h8H,3-7H2,1-2H3,(H2,12,13,15,17). The van der Waals surface area contributed by atoms with Crippen molar-refractivity contribution in [1.29, 1.82) is 0 Å². The van der Waals surface area contributed by atoms with Gasteiger partial charge in [0.25, 0.3) is 0 Å². The van der Waals surface area contributed by atoms with Crippen molar-refractivity contribution in [3.63, 3.8) is 0 Å². The number of hydrogen-bond acceptors (Lipinski definition) is 5. The summed E-state index contributed by atoms with van der Waals surface area (Å²) in [6.07, 6.45) is 2.84. The van der Waals surface area contributed by atoms with E-state index in [-0.39, 0.29) is 12.1 Å². The Balaban J connectivity index is 1.78. The number of amides is 2. The minimum atomic E-state index is -0.177. The second-order valence-electron chi connectivity index (χ2n) is 4.53.